The molecule has 3 fully saturated rings. The lowest BCUT2D eigenvalue weighted by molar-refractivity contribution is -0.130. The average molecular weight is 491 g/mol. The van der Waals surface area contributed by atoms with Crippen molar-refractivity contribution in [2.75, 3.05) is 13.7 Å². The van der Waals surface area contributed by atoms with Crippen molar-refractivity contribution in [1.82, 2.24) is 0 Å². The highest BCUT2D eigenvalue weighted by Crippen LogP contribution is 2.73. The van der Waals surface area contributed by atoms with Gasteiger partial charge in [-0.1, -0.05) is 53.2 Å². The van der Waals surface area contributed by atoms with Gasteiger partial charge in [0.1, 0.15) is 5.60 Å². The first kappa shape index (κ1) is 27.6. The second kappa shape index (κ2) is 9.10. The van der Waals surface area contributed by atoms with Gasteiger partial charge in [-0.05, 0) is 110 Å². The quantitative estimate of drug-likeness (QED) is 0.376. The van der Waals surface area contributed by atoms with Crippen molar-refractivity contribution >= 4 is 0 Å². The third-order valence-corrected chi connectivity index (χ3v) is 12.7. The minimum atomic E-state index is -1.42. The lowest BCUT2D eigenvalue weighted by atomic mass is 9.41. The first-order valence-corrected chi connectivity index (χ1v) is 14.4. The van der Waals surface area contributed by atoms with Crippen LogP contribution < -0.4 is 0 Å². The summed E-state index contributed by atoms with van der Waals surface area (Å²) in [6, 6.07) is 0. The van der Waals surface area contributed by atoms with E-state index in [1.807, 2.05) is 7.11 Å². The van der Waals surface area contributed by atoms with Gasteiger partial charge in [0.15, 0.2) is 0 Å². The zero-order valence-corrected chi connectivity index (χ0v) is 23.9. The Morgan fingerprint density at radius 1 is 1.03 bits per heavy atom. The number of aliphatic hydroxyl groups excluding tert-OH is 2. The second-order valence-electron chi connectivity index (χ2n) is 14.6. The molecular formula is C31H54O4. The summed E-state index contributed by atoms with van der Waals surface area (Å²) in [5.41, 5.74) is 1.45. The summed E-state index contributed by atoms with van der Waals surface area (Å²) < 4.78 is 5.98. The van der Waals surface area contributed by atoms with Crippen molar-refractivity contribution in [3.63, 3.8) is 0 Å². The lowest BCUT2D eigenvalue weighted by Crippen LogP contribution is -2.58. The normalized spacial score (nSPS) is 46.0. The highest BCUT2D eigenvalue weighted by atomic mass is 16.5. The van der Waals surface area contributed by atoms with Crippen LogP contribution >= 0.6 is 0 Å². The van der Waals surface area contributed by atoms with Crippen molar-refractivity contribution in [2.24, 2.45) is 45.3 Å². The molecular weight excluding hydrogens is 436 g/mol. The Balaban J connectivity index is 1.57. The summed E-state index contributed by atoms with van der Waals surface area (Å²) in [4.78, 5) is 0. The highest BCUT2D eigenvalue weighted by Gasteiger charge is 2.65. The van der Waals surface area contributed by atoms with Crippen LogP contribution in [0.2, 0.25) is 0 Å². The van der Waals surface area contributed by atoms with Crippen LogP contribution in [0.1, 0.15) is 106 Å². The maximum absolute atomic E-state index is 10.5. The van der Waals surface area contributed by atoms with Crippen LogP contribution in [0.4, 0.5) is 0 Å². The zero-order valence-electron chi connectivity index (χ0n) is 23.9. The van der Waals surface area contributed by atoms with Crippen LogP contribution in [0.5, 0.6) is 0 Å². The number of ether oxygens (including phenoxy) is 1. The summed E-state index contributed by atoms with van der Waals surface area (Å²) in [7, 11) is 1.90. The minimum absolute atomic E-state index is 0.207. The molecule has 0 aromatic carbocycles. The topological polar surface area (TPSA) is 69.9 Å². The number of rotatable bonds is 7. The molecule has 0 bridgehead atoms. The van der Waals surface area contributed by atoms with Gasteiger partial charge in [-0.25, -0.2) is 0 Å². The molecule has 3 N–H and O–H groups in total. The number of allylic oxidation sites excluding steroid dienone is 2. The van der Waals surface area contributed by atoms with E-state index in [4.69, 9.17) is 4.74 Å². The van der Waals surface area contributed by atoms with Crippen LogP contribution in [-0.4, -0.2) is 46.8 Å². The maximum Gasteiger partial charge on any atom is 0.111 e. The molecule has 202 valence electrons. The Kier molecular flexibility index (Phi) is 7.18. The molecule has 0 heterocycles. The Hall–Kier alpha value is -0.420. The smallest absolute Gasteiger partial charge is 0.111 e. The Morgan fingerprint density at radius 3 is 2.34 bits per heavy atom. The number of fused-ring (bicyclic) bond motifs is 5. The van der Waals surface area contributed by atoms with E-state index in [-0.39, 0.29) is 16.2 Å². The molecule has 10 atom stereocenters. The summed E-state index contributed by atoms with van der Waals surface area (Å²) >= 11 is 0. The minimum Gasteiger partial charge on any atom is -0.393 e. The monoisotopic (exact) mass is 490 g/mol. The van der Waals surface area contributed by atoms with Gasteiger partial charge in [0.2, 0.25) is 0 Å². The van der Waals surface area contributed by atoms with Crippen molar-refractivity contribution in [2.45, 2.75) is 124 Å². The summed E-state index contributed by atoms with van der Waals surface area (Å²) in [5, 5.41) is 30.1. The molecule has 35 heavy (non-hydrogen) atoms. The van der Waals surface area contributed by atoms with Crippen LogP contribution in [0.3, 0.4) is 0 Å². The molecule has 0 aliphatic heterocycles. The van der Waals surface area contributed by atoms with Gasteiger partial charge in [-0.15, -0.1) is 0 Å². The van der Waals surface area contributed by atoms with Crippen LogP contribution in [-0.2, 0) is 4.74 Å². The Morgan fingerprint density at radius 2 is 1.71 bits per heavy atom. The lowest BCUT2D eigenvalue weighted by Gasteiger charge is -2.64. The number of aliphatic hydroxyl groups is 3. The molecule has 0 unspecified atom stereocenters. The van der Waals surface area contributed by atoms with E-state index in [2.05, 4.69) is 47.6 Å². The predicted molar refractivity (Wildman–Crippen MR) is 142 cm³/mol. The third kappa shape index (κ3) is 3.99. The van der Waals surface area contributed by atoms with Gasteiger partial charge in [-0.2, -0.15) is 0 Å². The molecule has 4 aliphatic rings. The molecule has 0 radical (unpaired) electrons. The molecule has 4 heteroatoms. The van der Waals surface area contributed by atoms with Crippen LogP contribution in [0.15, 0.2) is 11.6 Å². The van der Waals surface area contributed by atoms with E-state index >= 15 is 0 Å². The molecule has 3 saturated carbocycles. The number of hydrogen-bond acceptors (Lipinski definition) is 4. The van der Waals surface area contributed by atoms with Gasteiger partial charge < -0.3 is 20.1 Å². The second-order valence-corrected chi connectivity index (χ2v) is 14.6. The fourth-order valence-corrected chi connectivity index (χ4v) is 10.1. The number of methoxy groups -OCH3 is 1. The van der Waals surface area contributed by atoms with E-state index in [1.165, 1.54) is 39.0 Å². The first-order valence-electron chi connectivity index (χ1n) is 14.4. The maximum atomic E-state index is 10.5. The largest absolute Gasteiger partial charge is 0.393 e. The summed E-state index contributed by atoms with van der Waals surface area (Å²) in [6.07, 6.45) is 12.3. The third-order valence-electron chi connectivity index (χ3n) is 12.7. The van der Waals surface area contributed by atoms with Crippen molar-refractivity contribution in [3.8, 4) is 0 Å². The van der Waals surface area contributed by atoms with Crippen molar-refractivity contribution in [1.29, 1.82) is 0 Å². The van der Waals surface area contributed by atoms with Crippen LogP contribution in [0.25, 0.3) is 0 Å². The molecule has 0 aromatic rings. The molecule has 4 aliphatic carbocycles. The van der Waals surface area contributed by atoms with E-state index in [9.17, 15) is 15.3 Å². The first-order chi connectivity index (χ1) is 16.2. The zero-order chi connectivity index (χ0) is 26.0. The van der Waals surface area contributed by atoms with Gasteiger partial charge in [0.05, 0.1) is 18.8 Å². The number of hydrogen-bond donors (Lipinski definition) is 3. The van der Waals surface area contributed by atoms with E-state index in [0.717, 1.165) is 19.3 Å². The summed E-state index contributed by atoms with van der Waals surface area (Å²) in [6.45, 7) is 16.1. The van der Waals surface area contributed by atoms with E-state index in [1.54, 1.807) is 5.57 Å². The molecule has 0 aromatic heterocycles. The van der Waals surface area contributed by atoms with Gasteiger partial charge in [0.25, 0.3) is 0 Å². The molecule has 4 rings (SSSR count). The molecule has 0 saturated heterocycles. The predicted octanol–water partition coefficient (Wildman–Crippen LogP) is 6.13. The molecule has 0 amide bonds. The van der Waals surface area contributed by atoms with Crippen molar-refractivity contribution < 1.29 is 20.1 Å². The van der Waals surface area contributed by atoms with Gasteiger partial charge in [-0.3, -0.25) is 0 Å². The van der Waals surface area contributed by atoms with E-state index in [0.29, 0.717) is 41.6 Å². The Bertz CT molecular complexity index is 817. The molecule has 4 nitrogen and oxygen atoms in total. The Labute approximate surface area is 214 Å². The van der Waals surface area contributed by atoms with Gasteiger partial charge in [0, 0.05) is 7.11 Å². The van der Waals surface area contributed by atoms with Crippen LogP contribution in [0, 0.1) is 45.3 Å². The van der Waals surface area contributed by atoms with E-state index < -0.39 is 18.3 Å². The fourth-order valence-electron chi connectivity index (χ4n) is 10.1. The fraction of sp³-hybridized carbons (Fsp3) is 0.935. The highest BCUT2D eigenvalue weighted by molar-refractivity contribution is 5.32. The SMILES string of the molecule is CO[C@@H]1CC[C@@]2(C)C3=CC[C@@]4(C)[C@H]([C@@H](C)CC[C@@H](O)[C@@](C)(O)CO)CC[C@]4(C)[C@H]3CC[C@@H]2C1(C)C. The van der Waals surface area contributed by atoms with Gasteiger partial charge >= 0.3 is 0 Å². The summed E-state index contributed by atoms with van der Waals surface area (Å²) in [5.74, 6) is 2.48. The van der Waals surface area contributed by atoms with Crippen molar-refractivity contribution in [3.05, 3.63) is 11.6 Å². The molecule has 0 spiro atoms. The average Bonchev–Trinajstić information content (AvgIpc) is 3.08. The standard InChI is InChI=1S/C31H54O4/c1-20(9-12-25(33)31(7,34)19-32)21-13-17-30(6)23-10-11-24-27(2,3)26(35-8)15-16-28(24,4)22(23)14-18-29(21,30)5/h14,20-21,23-26,32-34H,9-13,15-19H2,1-8H3/t20-,21-,23-,24+,25+,26+,28-,29-,30+,31-/m0/s1.